The lowest BCUT2D eigenvalue weighted by Gasteiger charge is -2.25. The summed E-state index contributed by atoms with van der Waals surface area (Å²) in [5.74, 6) is 1.03. The summed E-state index contributed by atoms with van der Waals surface area (Å²) in [7, 11) is 1.59. The number of allylic oxidation sites excluding steroid dienone is 1. The van der Waals surface area contributed by atoms with E-state index in [-0.39, 0.29) is 12.2 Å². The largest absolute Gasteiger partial charge is 0.493 e. The van der Waals surface area contributed by atoms with Crippen molar-refractivity contribution in [2.24, 2.45) is 4.99 Å². The minimum absolute atomic E-state index is 0.221. The number of nitrogens with zero attached hydrogens (tertiary/aromatic N) is 2. The number of methoxy groups -OCH3 is 1. The van der Waals surface area contributed by atoms with E-state index in [1.165, 1.54) is 16.9 Å². The molecule has 0 fully saturated rings. The lowest BCUT2D eigenvalue weighted by molar-refractivity contribution is -0.139. The third-order valence-electron chi connectivity index (χ3n) is 7.28. The van der Waals surface area contributed by atoms with E-state index >= 15 is 0 Å². The van der Waals surface area contributed by atoms with Gasteiger partial charge in [-0.1, -0.05) is 73.2 Å². The summed E-state index contributed by atoms with van der Waals surface area (Å²) in [6, 6.07) is 18.6. The van der Waals surface area contributed by atoms with E-state index in [2.05, 4.69) is 41.4 Å². The Kier molecular flexibility index (Phi) is 9.97. The van der Waals surface area contributed by atoms with Crippen LogP contribution in [0, 0.1) is 3.57 Å². The van der Waals surface area contributed by atoms with Crippen molar-refractivity contribution in [3.63, 3.8) is 0 Å². The van der Waals surface area contributed by atoms with Crippen molar-refractivity contribution in [2.75, 3.05) is 13.7 Å². The van der Waals surface area contributed by atoms with E-state index in [0.717, 1.165) is 20.3 Å². The van der Waals surface area contributed by atoms with Crippen LogP contribution in [0.4, 0.5) is 0 Å². The van der Waals surface area contributed by atoms with Crippen molar-refractivity contribution >= 4 is 57.6 Å². The summed E-state index contributed by atoms with van der Waals surface area (Å²) in [5, 5.41) is 0.665. The first kappa shape index (κ1) is 32.0. The number of hydrogen-bond acceptors (Lipinski definition) is 7. The zero-order chi connectivity index (χ0) is 31.5. The second kappa shape index (κ2) is 13.7. The van der Waals surface area contributed by atoms with Gasteiger partial charge in [-0.3, -0.25) is 9.36 Å². The van der Waals surface area contributed by atoms with E-state index in [9.17, 15) is 9.59 Å². The second-order valence-corrected chi connectivity index (χ2v) is 13.2. The molecule has 0 bridgehead atoms. The van der Waals surface area contributed by atoms with Crippen LogP contribution >= 0.6 is 45.5 Å². The monoisotopic (exact) mass is 742 g/mol. The summed E-state index contributed by atoms with van der Waals surface area (Å²) in [6.07, 6.45) is 1.82. The van der Waals surface area contributed by atoms with E-state index in [1.54, 1.807) is 25.5 Å². The van der Waals surface area contributed by atoms with Gasteiger partial charge in [0.1, 0.15) is 6.61 Å². The third kappa shape index (κ3) is 6.64. The Morgan fingerprint density at radius 1 is 1.14 bits per heavy atom. The number of aromatic nitrogens is 1. The minimum Gasteiger partial charge on any atom is -0.493 e. The van der Waals surface area contributed by atoms with E-state index in [1.807, 2.05) is 66.7 Å². The van der Waals surface area contributed by atoms with Crippen LogP contribution in [-0.2, 0) is 16.1 Å². The fourth-order valence-electron chi connectivity index (χ4n) is 5.02. The zero-order valence-electron chi connectivity index (χ0n) is 25.0. The molecular formula is C34H32ClIN2O5S. The van der Waals surface area contributed by atoms with Gasteiger partial charge < -0.3 is 14.2 Å². The smallest absolute Gasteiger partial charge is 0.338 e. The molecule has 1 aliphatic heterocycles. The molecular weight excluding hydrogens is 711 g/mol. The lowest BCUT2D eigenvalue weighted by Crippen LogP contribution is -2.39. The van der Waals surface area contributed by atoms with Gasteiger partial charge >= 0.3 is 5.97 Å². The quantitative estimate of drug-likeness (QED) is 0.140. The first-order valence-electron chi connectivity index (χ1n) is 14.2. The highest BCUT2D eigenvalue weighted by Gasteiger charge is 2.33. The van der Waals surface area contributed by atoms with Crippen LogP contribution in [0.3, 0.4) is 0 Å². The van der Waals surface area contributed by atoms with Crippen LogP contribution < -0.4 is 24.4 Å². The van der Waals surface area contributed by atoms with Gasteiger partial charge in [-0.2, -0.15) is 0 Å². The number of fused-ring (bicyclic) bond motifs is 1. The van der Waals surface area contributed by atoms with Gasteiger partial charge in [-0.15, -0.1) is 0 Å². The molecule has 0 spiro atoms. The average molecular weight is 743 g/mol. The molecule has 5 rings (SSSR count). The van der Waals surface area contributed by atoms with Crippen molar-refractivity contribution in [1.29, 1.82) is 0 Å². The fraction of sp³-hybridized carbons (Fsp3) is 0.265. The summed E-state index contributed by atoms with van der Waals surface area (Å²) < 4.78 is 20.1. The topological polar surface area (TPSA) is 79.1 Å². The fourth-order valence-corrected chi connectivity index (χ4v) is 6.97. The Balaban J connectivity index is 1.57. The van der Waals surface area contributed by atoms with Crippen molar-refractivity contribution < 1.29 is 19.0 Å². The highest BCUT2D eigenvalue weighted by molar-refractivity contribution is 14.1. The number of hydrogen-bond donors (Lipinski definition) is 0. The molecule has 0 aliphatic carbocycles. The summed E-state index contributed by atoms with van der Waals surface area (Å²) in [6.45, 7) is 8.37. The van der Waals surface area contributed by atoms with Crippen molar-refractivity contribution in [3.8, 4) is 11.5 Å². The number of carbonyl (C=O) groups is 1. The first-order valence-corrected chi connectivity index (χ1v) is 16.4. The average Bonchev–Trinajstić information content (AvgIpc) is 3.30. The number of thiazole rings is 1. The van der Waals surface area contributed by atoms with Gasteiger partial charge in [-0.05, 0) is 95.0 Å². The predicted molar refractivity (Wildman–Crippen MR) is 182 cm³/mol. The first-order chi connectivity index (χ1) is 21.1. The summed E-state index contributed by atoms with van der Waals surface area (Å²) >= 11 is 9.50. The molecule has 44 heavy (non-hydrogen) atoms. The van der Waals surface area contributed by atoms with Crippen molar-refractivity contribution in [3.05, 3.63) is 122 Å². The van der Waals surface area contributed by atoms with Gasteiger partial charge in [0.05, 0.1) is 39.1 Å². The van der Waals surface area contributed by atoms with Gasteiger partial charge in [0.25, 0.3) is 5.56 Å². The molecule has 2 heterocycles. The molecule has 7 nitrogen and oxygen atoms in total. The standard InChI is InChI=1S/C34H32ClIN2O5S/c1-6-42-33(40)29-20(4)37-34-38(30(29)24-11-9-23(10-12-24)19(2)3)32(39)28(44-34)17-22-15-26(36)31(27(16-22)41-5)43-18-21-7-13-25(35)14-8-21/h7-17,19,30H,6,18H2,1-5H3/b28-17-. The number of esters is 1. The Hall–Kier alpha value is -3.41. The number of carbonyl (C=O) groups excluding carboxylic acids is 1. The SMILES string of the molecule is CCOC(=O)C1=C(C)N=c2s/c(=C\c3cc(I)c(OCc4ccc(Cl)cc4)c(OC)c3)c(=O)n2C1c1ccc(C(C)C)cc1. The van der Waals surface area contributed by atoms with Gasteiger partial charge in [0.2, 0.25) is 0 Å². The van der Waals surface area contributed by atoms with Crippen molar-refractivity contribution in [1.82, 2.24) is 4.57 Å². The summed E-state index contributed by atoms with van der Waals surface area (Å²) in [5.41, 5.74) is 4.39. The maximum Gasteiger partial charge on any atom is 0.338 e. The number of ether oxygens (including phenoxy) is 3. The Bertz CT molecular complexity index is 1910. The Morgan fingerprint density at radius 3 is 2.48 bits per heavy atom. The maximum absolute atomic E-state index is 14.0. The van der Waals surface area contributed by atoms with Gasteiger partial charge in [0.15, 0.2) is 16.3 Å². The number of halogens is 2. The molecule has 10 heteroatoms. The number of rotatable bonds is 9. The van der Waals surface area contributed by atoms with Crippen LogP contribution in [0.2, 0.25) is 5.02 Å². The van der Waals surface area contributed by atoms with Gasteiger partial charge in [0, 0.05) is 5.02 Å². The molecule has 0 N–H and O–H groups in total. The molecule has 4 aromatic rings. The Labute approximate surface area is 278 Å². The zero-order valence-corrected chi connectivity index (χ0v) is 28.7. The molecule has 3 aromatic carbocycles. The minimum atomic E-state index is -0.660. The van der Waals surface area contributed by atoms with Crippen LogP contribution in [0.15, 0.2) is 81.7 Å². The van der Waals surface area contributed by atoms with Crippen molar-refractivity contribution in [2.45, 2.75) is 46.3 Å². The highest BCUT2D eigenvalue weighted by Crippen LogP contribution is 2.35. The molecule has 0 radical (unpaired) electrons. The van der Waals surface area contributed by atoms with Crippen LogP contribution in [-0.4, -0.2) is 24.3 Å². The highest BCUT2D eigenvalue weighted by atomic mass is 127. The van der Waals surface area contributed by atoms with Crippen LogP contribution in [0.5, 0.6) is 11.5 Å². The molecule has 1 unspecified atom stereocenters. The van der Waals surface area contributed by atoms with E-state index in [4.69, 9.17) is 25.8 Å². The number of benzene rings is 3. The maximum atomic E-state index is 14.0. The predicted octanol–water partition coefficient (Wildman–Crippen LogP) is 6.77. The Morgan fingerprint density at radius 2 is 1.84 bits per heavy atom. The lowest BCUT2D eigenvalue weighted by atomic mass is 9.93. The van der Waals surface area contributed by atoms with Crippen LogP contribution in [0.1, 0.15) is 61.9 Å². The second-order valence-electron chi connectivity index (χ2n) is 10.6. The molecule has 0 saturated heterocycles. The molecule has 1 aromatic heterocycles. The third-order valence-corrected chi connectivity index (χ3v) is 9.32. The normalized spacial score (nSPS) is 14.8. The van der Waals surface area contributed by atoms with Crippen LogP contribution in [0.25, 0.3) is 6.08 Å². The van der Waals surface area contributed by atoms with E-state index < -0.39 is 12.0 Å². The van der Waals surface area contributed by atoms with Gasteiger partial charge in [-0.25, -0.2) is 9.79 Å². The molecule has 1 aliphatic rings. The molecule has 0 amide bonds. The van der Waals surface area contributed by atoms with E-state index in [0.29, 0.717) is 49.7 Å². The summed E-state index contributed by atoms with van der Waals surface area (Å²) in [4.78, 5) is 32.4. The molecule has 1 atom stereocenters. The molecule has 228 valence electrons. The molecule has 0 saturated carbocycles.